The van der Waals surface area contributed by atoms with Crippen molar-refractivity contribution in [1.82, 2.24) is 19.7 Å². The highest BCUT2D eigenvalue weighted by atomic mass is 32.2. The first-order chi connectivity index (χ1) is 15.3. The predicted octanol–water partition coefficient (Wildman–Crippen LogP) is 3.77. The van der Waals surface area contributed by atoms with E-state index in [1.807, 2.05) is 18.2 Å². The summed E-state index contributed by atoms with van der Waals surface area (Å²) in [6.45, 7) is 3.84. The zero-order valence-corrected chi connectivity index (χ0v) is 20.1. The van der Waals surface area contributed by atoms with Gasteiger partial charge in [-0.15, -0.1) is 11.3 Å². The van der Waals surface area contributed by atoms with Crippen LogP contribution in [0.5, 0.6) is 0 Å². The van der Waals surface area contributed by atoms with Crippen molar-refractivity contribution < 1.29 is 8.42 Å². The lowest BCUT2D eigenvalue weighted by molar-refractivity contribution is 0.454. The summed E-state index contributed by atoms with van der Waals surface area (Å²) in [5.41, 5.74) is 2.94. The van der Waals surface area contributed by atoms with Crippen molar-refractivity contribution in [2.75, 3.05) is 11.9 Å². The minimum atomic E-state index is -3.25. The molecule has 0 saturated heterocycles. The van der Waals surface area contributed by atoms with Crippen LogP contribution in [0.1, 0.15) is 30.7 Å². The number of rotatable bonds is 6. The molecule has 0 amide bonds. The molecule has 5 rings (SSSR count). The van der Waals surface area contributed by atoms with Gasteiger partial charge in [0.1, 0.15) is 17.0 Å². The first kappa shape index (κ1) is 21.5. The molecule has 1 aliphatic carbocycles. The number of benzene rings is 1. The maximum atomic E-state index is 12.1. The Balaban J connectivity index is 1.41. The molecule has 4 aromatic rings. The number of sulfonamides is 1. The molecule has 168 valence electrons. The number of H-pyrrole nitrogens is 1. The van der Waals surface area contributed by atoms with E-state index in [2.05, 4.69) is 25.0 Å². The molecule has 3 heterocycles. The van der Waals surface area contributed by atoms with Gasteiger partial charge in [-0.1, -0.05) is 11.3 Å². The van der Waals surface area contributed by atoms with E-state index < -0.39 is 15.3 Å². The van der Waals surface area contributed by atoms with E-state index in [-0.39, 0.29) is 10.8 Å². The molecule has 0 spiro atoms. The second-order valence-electron chi connectivity index (χ2n) is 8.31. The second kappa shape index (κ2) is 8.22. The van der Waals surface area contributed by atoms with Crippen molar-refractivity contribution in [3.8, 4) is 0 Å². The summed E-state index contributed by atoms with van der Waals surface area (Å²) in [7, 11) is -3.25. The van der Waals surface area contributed by atoms with E-state index in [0.717, 1.165) is 51.2 Å². The van der Waals surface area contributed by atoms with Gasteiger partial charge in [0.25, 0.3) is 0 Å². The largest absolute Gasteiger partial charge is 0.340 e. The van der Waals surface area contributed by atoms with Crippen molar-refractivity contribution in [2.24, 2.45) is 5.92 Å². The van der Waals surface area contributed by atoms with Crippen LogP contribution in [0.25, 0.3) is 20.4 Å². The topological polar surface area (TPSA) is 117 Å². The molecule has 3 N–H and O–H groups in total. The van der Waals surface area contributed by atoms with Crippen LogP contribution in [0, 0.1) is 5.92 Å². The first-order valence-electron chi connectivity index (χ1n) is 10.4. The number of aromatic amines is 1. The van der Waals surface area contributed by atoms with Crippen molar-refractivity contribution >= 4 is 64.6 Å². The molecular formula is C21H23N5O3S3. The number of nitrogens with zero attached hydrogens (tertiary/aromatic N) is 2. The summed E-state index contributed by atoms with van der Waals surface area (Å²) in [4.78, 5) is 25.5. The number of hydrogen-bond acceptors (Lipinski definition) is 8. The quantitative estimate of drug-likeness (QED) is 0.380. The fourth-order valence-corrected chi connectivity index (χ4v) is 6.89. The van der Waals surface area contributed by atoms with Gasteiger partial charge < -0.3 is 10.3 Å². The van der Waals surface area contributed by atoms with Gasteiger partial charge in [-0.05, 0) is 62.8 Å². The predicted molar refractivity (Wildman–Crippen MR) is 131 cm³/mol. The zero-order chi connectivity index (χ0) is 22.5. The van der Waals surface area contributed by atoms with Crippen molar-refractivity contribution in [2.45, 2.75) is 38.4 Å². The summed E-state index contributed by atoms with van der Waals surface area (Å²) >= 11 is 2.84. The average Bonchev–Trinajstić information content (AvgIpc) is 3.31. The van der Waals surface area contributed by atoms with Crippen molar-refractivity contribution in [1.29, 1.82) is 0 Å². The van der Waals surface area contributed by atoms with Crippen LogP contribution in [-0.2, 0) is 22.9 Å². The Hall–Kier alpha value is -2.34. The summed E-state index contributed by atoms with van der Waals surface area (Å²) in [5.74, 6) is 1.03. The third-order valence-electron chi connectivity index (χ3n) is 5.82. The zero-order valence-electron chi connectivity index (χ0n) is 17.6. The van der Waals surface area contributed by atoms with Gasteiger partial charge in [-0.2, -0.15) is 0 Å². The molecule has 3 aromatic heterocycles. The highest BCUT2D eigenvalue weighted by Gasteiger charge is 2.26. The normalized spacial score (nSPS) is 16.7. The minimum Gasteiger partial charge on any atom is -0.340 e. The smallest absolute Gasteiger partial charge is 0.305 e. The molecule has 1 atom stereocenters. The van der Waals surface area contributed by atoms with Gasteiger partial charge in [0, 0.05) is 17.1 Å². The van der Waals surface area contributed by atoms with Crippen LogP contribution < -0.4 is 14.9 Å². The van der Waals surface area contributed by atoms with E-state index >= 15 is 0 Å². The van der Waals surface area contributed by atoms with E-state index in [1.54, 1.807) is 31.5 Å². The molecule has 0 fully saturated rings. The molecule has 11 heteroatoms. The van der Waals surface area contributed by atoms with E-state index in [0.29, 0.717) is 6.54 Å². The van der Waals surface area contributed by atoms with Crippen molar-refractivity contribution in [3.05, 3.63) is 44.6 Å². The lowest BCUT2D eigenvalue weighted by atomic mass is 9.88. The molecule has 0 bridgehead atoms. The number of thiophene rings is 1. The van der Waals surface area contributed by atoms with E-state index in [4.69, 9.17) is 0 Å². The standard InChI is InChI=1S/C21H23N5O3S3/c1-11(2)32(28,29)24-9-12-3-5-14-16(7-12)30-20-18(14)19(22-10-23-20)25-13-4-6-15-17(8-13)31-21(27)26-15/h4,6,8,10-12,24H,3,5,7,9H2,1-2H3,(H,26,27)(H,22,23,25). The Kier molecular flexibility index (Phi) is 5.52. The number of hydrogen-bond donors (Lipinski definition) is 3. The van der Waals surface area contributed by atoms with Gasteiger partial charge in [-0.25, -0.2) is 23.1 Å². The number of anilines is 2. The van der Waals surface area contributed by atoms with Gasteiger partial charge in [0.05, 0.1) is 20.9 Å². The Bertz CT molecular complexity index is 1470. The molecule has 32 heavy (non-hydrogen) atoms. The Morgan fingerprint density at radius 3 is 2.91 bits per heavy atom. The van der Waals surface area contributed by atoms with E-state index in [9.17, 15) is 13.2 Å². The molecular weight excluding hydrogens is 466 g/mol. The third kappa shape index (κ3) is 4.05. The minimum absolute atomic E-state index is 0.0706. The van der Waals surface area contributed by atoms with E-state index in [1.165, 1.54) is 21.8 Å². The molecule has 0 radical (unpaired) electrons. The molecule has 1 aromatic carbocycles. The third-order valence-corrected chi connectivity index (χ3v) is 9.64. The van der Waals surface area contributed by atoms with Gasteiger partial charge in [-0.3, -0.25) is 4.79 Å². The second-order valence-corrected chi connectivity index (χ2v) is 12.7. The summed E-state index contributed by atoms with van der Waals surface area (Å²) in [5, 5.41) is 4.02. The maximum Gasteiger partial charge on any atom is 0.305 e. The highest BCUT2D eigenvalue weighted by molar-refractivity contribution is 7.90. The Morgan fingerprint density at radius 1 is 1.25 bits per heavy atom. The first-order valence-corrected chi connectivity index (χ1v) is 13.6. The molecule has 0 aliphatic heterocycles. The number of fused-ring (bicyclic) bond motifs is 4. The SMILES string of the molecule is CC(C)S(=O)(=O)NCC1CCc2c(sc3ncnc(Nc4ccc5[nH]c(=O)sc5c4)c23)C1. The molecule has 1 unspecified atom stereocenters. The van der Waals surface area contributed by atoms with Gasteiger partial charge in [0.2, 0.25) is 10.0 Å². The molecule has 0 saturated carbocycles. The van der Waals surface area contributed by atoms with Crippen molar-refractivity contribution in [3.63, 3.8) is 0 Å². The average molecular weight is 490 g/mol. The molecule has 1 aliphatic rings. The summed E-state index contributed by atoms with van der Waals surface area (Å²) in [6.07, 6.45) is 4.18. The summed E-state index contributed by atoms with van der Waals surface area (Å²) < 4.78 is 27.9. The van der Waals surface area contributed by atoms with Crippen LogP contribution in [0.3, 0.4) is 0 Å². The lowest BCUT2D eigenvalue weighted by Crippen LogP contribution is -2.36. The van der Waals surface area contributed by atoms with Crippen LogP contribution >= 0.6 is 22.7 Å². The molecule has 8 nitrogen and oxygen atoms in total. The number of thiazole rings is 1. The van der Waals surface area contributed by atoms with Crippen LogP contribution in [0.4, 0.5) is 11.5 Å². The number of aryl methyl sites for hydroxylation is 1. The highest BCUT2D eigenvalue weighted by Crippen LogP contribution is 2.40. The maximum absolute atomic E-state index is 12.1. The van der Waals surface area contributed by atoms with Crippen LogP contribution in [-0.4, -0.2) is 35.2 Å². The van der Waals surface area contributed by atoms with Crippen LogP contribution in [0.2, 0.25) is 0 Å². The monoisotopic (exact) mass is 489 g/mol. The van der Waals surface area contributed by atoms with Crippen LogP contribution in [0.15, 0.2) is 29.3 Å². The Labute approximate surface area is 193 Å². The Morgan fingerprint density at radius 2 is 2.09 bits per heavy atom. The fourth-order valence-electron chi connectivity index (χ4n) is 4.01. The number of nitrogens with one attached hydrogen (secondary N) is 3. The number of aromatic nitrogens is 3. The lowest BCUT2D eigenvalue weighted by Gasteiger charge is -2.23. The van der Waals surface area contributed by atoms with Gasteiger partial charge in [0.15, 0.2) is 0 Å². The summed E-state index contributed by atoms with van der Waals surface area (Å²) in [6, 6.07) is 5.76. The fraction of sp³-hybridized carbons (Fsp3) is 0.381. The van der Waals surface area contributed by atoms with Gasteiger partial charge >= 0.3 is 4.87 Å².